The van der Waals surface area contributed by atoms with Crippen molar-refractivity contribution in [3.05, 3.63) is 28.3 Å². The van der Waals surface area contributed by atoms with Crippen molar-refractivity contribution >= 4 is 5.97 Å². The molecule has 0 aliphatic rings. The molecule has 1 aromatic carbocycles. The van der Waals surface area contributed by atoms with Crippen LogP contribution >= 0.6 is 0 Å². The fourth-order valence-electron chi connectivity index (χ4n) is 2.35. The van der Waals surface area contributed by atoms with Crippen LogP contribution in [0, 0.1) is 6.92 Å². The zero-order valence-corrected chi connectivity index (χ0v) is 12.8. The Morgan fingerprint density at radius 2 is 1.47 bits per heavy atom. The van der Waals surface area contributed by atoms with Gasteiger partial charge in [0.15, 0.2) is 0 Å². The maximum atomic E-state index is 12.4. The summed E-state index contributed by atoms with van der Waals surface area (Å²) in [7, 11) is 0. The zero-order valence-electron chi connectivity index (χ0n) is 12.8. The third kappa shape index (κ3) is 2.91. The maximum Gasteiger partial charge on any atom is 0.335 e. The zero-order chi connectivity index (χ0) is 15.2. The van der Waals surface area contributed by atoms with E-state index in [4.69, 9.17) is 0 Å². The van der Waals surface area contributed by atoms with Crippen LogP contribution < -0.4 is 5.11 Å². The predicted octanol–water partition coefficient (Wildman–Crippen LogP) is 3.36. The molecule has 1 aromatic rings. The molecule has 0 unspecified atom stereocenters. The third-order valence-electron chi connectivity index (χ3n) is 3.37. The van der Waals surface area contributed by atoms with Crippen molar-refractivity contribution in [2.45, 2.75) is 59.3 Å². The predicted molar refractivity (Wildman–Crippen MR) is 75.0 cm³/mol. The summed E-state index contributed by atoms with van der Waals surface area (Å²) in [6.45, 7) is 13.6. The van der Waals surface area contributed by atoms with E-state index in [-0.39, 0.29) is 22.1 Å². The summed E-state index contributed by atoms with van der Waals surface area (Å²) < 4.78 is 0. The Labute approximate surface area is 115 Å². The standard InChI is InChI=1S/C16H24O3/c1-9-10(15(2,3)4)8-11(16(5,6)7)13(17)12(9)14(18)19/h8,17H,1-7H3,(H,18,19)/p-1. The minimum Gasteiger partial charge on any atom is -0.872 e. The van der Waals surface area contributed by atoms with Crippen LogP contribution in [0.2, 0.25) is 0 Å². The summed E-state index contributed by atoms with van der Waals surface area (Å²) in [5, 5.41) is 21.7. The third-order valence-corrected chi connectivity index (χ3v) is 3.37. The SMILES string of the molecule is Cc1c(C(C)(C)C)cc(C(C)(C)C)c([O-])c1C(=O)O. The smallest absolute Gasteiger partial charge is 0.335 e. The average molecular weight is 263 g/mol. The molecular formula is C16H23O3-. The molecule has 1 N–H and O–H groups in total. The molecule has 0 aliphatic heterocycles. The normalized spacial score (nSPS) is 12.6. The number of carbonyl (C=O) groups is 1. The average Bonchev–Trinajstić information content (AvgIpc) is 2.12. The summed E-state index contributed by atoms with van der Waals surface area (Å²) in [6, 6.07) is 1.88. The van der Waals surface area contributed by atoms with E-state index in [1.165, 1.54) is 0 Å². The molecule has 0 saturated heterocycles. The molecule has 0 atom stereocenters. The van der Waals surface area contributed by atoms with Gasteiger partial charge in [0.1, 0.15) is 0 Å². The first-order valence-corrected chi connectivity index (χ1v) is 6.46. The molecule has 0 aromatic heterocycles. The van der Waals surface area contributed by atoms with E-state index in [1.807, 2.05) is 47.6 Å². The number of aromatic carboxylic acids is 1. The van der Waals surface area contributed by atoms with E-state index in [1.54, 1.807) is 6.92 Å². The highest BCUT2D eigenvalue weighted by atomic mass is 16.4. The summed E-state index contributed by atoms with van der Waals surface area (Å²) in [5.41, 5.74) is 1.43. The quantitative estimate of drug-likeness (QED) is 0.845. The summed E-state index contributed by atoms with van der Waals surface area (Å²) in [4.78, 5) is 11.4. The van der Waals surface area contributed by atoms with Gasteiger partial charge in [0.25, 0.3) is 0 Å². The van der Waals surface area contributed by atoms with Gasteiger partial charge in [-0.1, -0.05) is 53.4 Å². The summed E-state index contributed by atoms with van der Waals surface area (Å²) in [5.74, 6) is -1.50. The minimum atomic E-state index is -1.14. The Kier molecular flexibility index (Phi) is 3.72. The fraction of sp³-hybridized carbons (Fsp3) is 0.562. The van der Waals surface area contributed by atoms with Gasteiger partial charge in [-0.3, -0.25) is 0 Å². The molecule has 0 aliphatic carbocycles. The first-order chi connectivity index (χ1) is 8.37. The van der Waals surface area contributed by atoms with Gasteiger partial charge in [0, 0.05) is 0 Å². The highest BCUT2D eigenvalue weighted by Crippen LogP contribution is 2.38. The van der Waals surface area contributed by atoms with Crippen LogP contribution in [0.25, 0.3) is 0 Å². The van der Waals surface area contributed by atoms with Gasteiger partial charge >= 0.3 is 5.97 Å². The largest absolute Gasteiger partial charge is 0.872 e. The van der Waals surface area contributed by atoms with Gasteiger partial charge in [-0.2, -0.15) is 0 Å². The molecule has 0 saturated carbocycles. The second-order valence-electron chi connectivity index (χ2n) is 7.11. The highest BCUT2D eigenvalue weighted by Gasteiger charge is 2.26. The molecule has 1 rings (SSSR count). The Morgan fingerprint density at radius 1 is 1.05 bits per heavy atom. The molecule has 0 amide bonds. The number of hydrogen-bond acceptors (Lipinski definition) is 2. The van der Waals surface area contributed by atoms with E-state index in [9.17, 15) is 15.0 Å². The van der Waals surface area contributed by atoms with Crippen molar-refractivity contribution in [3.8, 4) is 5.75 Å². The topological polar surface area (TPSA) is 60.4 Å². The molecule has 0 fully saturated rings. The molecule has 0 spiro atoms. The highest BCUT2D eigenvalue weighted by molar-refractivity contribution is 5.93. The van der Waals surface area contributed by atoms with E-state index in [2.05, 4.69) is 0 Å². The lowest BCUT2D eigenvalue weighted by atomic mass is 9.76. The van der Waals surface area contributed by atoms with E-state index in [0.29, 0.717) is 11.1 Å². The van der Waals surface area contributed by atoms with Gasteiger partial charge < -0.3 is 10.2 Å². The number of hydrogen-bond donors (Lipinski definition) is 1. The minimum absolute atomic E-state index is 0.0858. The lowest BCUT2D eigenvalue weighted by Gasteiger charge is -2.33. The first-order valence-electron chi connectivity index (χ1n) is 6.46. The van der Waals surface area contributed by atoms with Crippen molar-refractivity contribution in [2.75, 3.05) is 0 Å². The lowest BCUT2D eigenvalue weighted by Crippen LogP contribution is -2.23. The molecule has 0 bridgehead atoms. The second-order valence-corrected chi connectivity index (χ2v) is 7.11. The van der Waals surface area contributed by atoms with Gasteiger partial charge in [-0.05, 0) is 34.4 Å². The molecule has 3 heteroatoms. The van der Waals surface area contributed by atoms with Crippen LogP contribution in [0.4, 0.5) is 0 Å². The van der Waals surface area contributed by atoms with Crippen LogP contribution in [0.15, 0.2) is 6.07 Å². The fourth-order valence-corrected chi connectivity index (χ4v) is 2.35. The Bertz CT molecular complexity index is 476. The van der Waals surface area contributed by atoms with Crippen LogP contribution in [0.1, 0.15) is 68.6 Å². The lowest BCUT2D eigenvalue weighted by molar-refractivity contribution is -0.270. The molecular weight excluding hydrogens is 240 g/mol. The monoisotopic (exact) mass is 263 g/mol. The number of carboxylic acid groups (broad SMARTS) is 1. The van der Waals surface area contributed by atoms with Crippen LogP contribution in [-0.4, -0.2) is 11.1 Å². The van der Waals surface area contributed by atoms with E-state index >= 15 is 0 Å². The van der Waals surface area contributed by atoms with Crippen molar-refractivity contribution in [1.29, 1.82) is 0 Å². The Morgan fingerprint density at radius 3 is 1.79 bits per heavy atom. The maximum absolute atomic E-state index is 12.4. The van der Waals surface area contributed by atoms with Gasteiger partial charge in [0.2, 0.25) is 0 Å². The van der Waals surface area contributed by atoms with Crippen molar-refractivity contribution in [2.24, 2.45) is 0 Å². The second kappa shape index (κ2) is 4.55. The van der Waals surface area contributed by atoms with Gasteiger partial charge in [0.05, 0.1) is 5.56 Å². The molecule has 19 heavy (non-hydrogen) atoms. The molecule has 0 heterocycles. The number of benzene rings is 1. The first kappa shape index (κ1) is 15.5. The van der Waals surface area contributed by atoms with Crippen molar-refractivity contribution in [1.82, 2.24) is 0 Å². The summed E-state index contributed by atoms with van der Waals surface area (Å²) in [6.07, 6.45) is 0. The van der Waals surface area contributed by atoms with Crippen molar-refractivity contribution < 1.29 is 15.0 Å². The molecule has 0 radical (unpaired) electrons. The van der Waals surface area contributed by atoms with Crippen LogP contribution in [-0.2, 0) is 10.8 Å². The van der Waals surface area contributed by atoms with E-state index < -0.39 is 5.97 Å². The Balaban J connectivity index is 3.81. The molecule has 3 nitrogen and oxygen atoms in total. The molecule has 106 valence electrons. The van der Waals surface area contributed by atoms with Crippen molar-refractivity contribution in [3.63, 3.8) is 0 Å². The van der Waals surface area contributed by atoms with Crippen LogP contribution in [0.3, 0.4) is 0 Å². The number of carboxylic acids is 1. The summed E-state index contributed by atoms with van der Waals surface area (Å²) >= 11 is 0. The van der Waals surface area contributed by atoms with Crippen LogP contribution in [0.5, 0.6) is 5.75 Å². The Hall–Kier alpha value is -1.51. The van der Waals surface area contributed by atoms with E-state index in [0.717, 1.165) is 5.56 Å². The van der Waals surface area contributed by atoms with Gasteiger partial charge in [-0.15, -0.1) is 0 Å². The number of rotatable bonds is 1. The van der Waals surface area contributed by atoms with Gasteiger partial charge in [-0.25, -0.2) is 4.79 Å².